The van der Waals surface area contributed by atoms with Crippen LogP contribution in [0.3, 0.4) is 0 Å². The van der Waals surface area contributed by atoms with Gasteiger partial charge in [-0.15, -0.1) is 0 Å². The third-order valence-corrected chi connectivity index (χ3v) is 3.88. The normalized spacial score (nSPS) is 18.1. The van der Waals surface area contributed by atoms with E-state index in [2.05, 4.69) is 11.4 Å². The minimum Gasteiger partial charge on any atom is -0.495 e. The Hall–Kier alpha value is -2.30. The SMILES string of the molecule is COc1ccc(C)cc1NC(=O)[C@H](C)OC(=O)[C@H]1CC=CCC1. The summed E-state index contributed by atoms with van der Waals surface area (Å²) in [6.07, 6.45) is 5.52. The summed E-state index contributed by atoms with van der Waals surface area (Å²) in [5.74, 6) is -0.259. The summed E-state index contributed by atoms with van der Waals surface area (Å²) in [7, 11) is 1.54. The van der Waals surface area contributed by atoms with E-state index in [0.717, 1.165) is 18.4 Å². The zero-order valence-corrected chi connectivity index (χ0v) is 13.8. The molecular formula is C18H23NO4. The summed E-state index contributed by atoms with van der Waals surface area (Å²) in [6, 6.07) is 5.50. The van der Waals surface area contributed by atoms with Gasteiger partial charge in [-0.3, -0.25) is 9.59 Å². The Morgan fingerprint density at radius 3 is 2.74 bits per heavy atom. The van der Waals surface area contributed by atoms with Crippen LogP contribution in [0.1, 0.15) is 31.7 Å². The van der Waals surface area contributed by atoms with Gasteiger partial charge in [0.25, 0.3) is 5.91 Å². The lowest BCUT2D eigenvalue weighted by atomic mass is 9.95. The molecule has 0 aromatic heterocycles. The van der Waals surface area contributed by atoms with E-state index in [1.807, 2.05) is 25.1 Å². The van der Waals surface area contributed by atoms with Crippen LogP contribution in [0.4, 0.5) is 5.69 Å². The van der Waals surface area contributed by atoms with Crippen molar-refractivity contribution in [2.75, 3.05) is 12.4 Å². The molecule has 0 aliphatic heterocycles. The van der Waals surface area contributed by atoms with Gasteiger partial charge < -0.3 is 14.8 Å². The van der Waals surface area contributed by atoms with Crippen LogP contribution < -0.4 is 10.1 Å². The second-order valence-electron chi connectivity index (χ2n) is 5.75. The number of methoxy groups -OCH3 is 1. The Labute approximate surface area is 136 Å². The average molecular weight is 317 g/mol. The molecule has 5 heteroatoms. The fourth-order valence-electron chi connectivity index (χ4n) is 2.49. The minimum absolute atomic E-state index is 0.149. The van der Waals surface area contributed by atoms with Crippen molar-refractivity contribution >= 4 is 17.6 Å². The van der Waals surface area contributed by atoms with Gasteiger partial charge in [0.2, 0.25) is 0 Å². The maximum Gasteiger partial charge on any atom is 0.310 e. The van der Waals surface area contributed by atoms with Crippen molar-refractivity contribution in [3.63, 3.8) is 0 Å². The van der Waals surface area contributed by atoms with Crippen LogP contribution in [0.25, 0.3) is 0 Å². The highest BCUT2D eigenvalue weighted by Crippen LogP contribution is 2.26. The number of esters is 1. The first kappa shape index (κ1) is 17.1. The summed E-state index contributed by atoms with van der Waals surface area (Å²) in [6.45, 7) is 3.50. The van der Waals surface area contributed by atoms with E-state index >= 15 is 0 Å². The maximum atomic E-state index is 12.3. The third-order valence-electron chi connectivity index (χ3n) is 3.88. The lowest BCUT2D eigenvalue weighted by Gasteiger charge is -2.20. The number of hydrogen-bond acceptors (Lipinski definition) is 4. The van der Waals surface area contributed by atoms with Crippen LogP contribution in [-0.2, 0) is 14.3 Å². The Morgan fingerprint density at radius 1 is 1.30 bits per heavy atom. The molecule has 5 nitrogen and oxygen atoms in total. The zero-order valence-electron chi connectivity index (χ0n) is 13.8. The van der Waals surface area contributed by atoms with Gasteiger partial charge >= 0.3 is 5.97 Å². The van der Waals surface area contributed by atoms with E-state index in [4.69, 9.17) is 9.47 Å². The quantitative estimate of drug-likeness (QED) is 0.669. The molecular weight excluding hydrogens is 294 g/mol. The molecule has 1 N–H and O–H groups in total. The number of allylic oxidation sites excluding steroid dienone is 2. The molecule has 0 spiro atoms. The predicted octanol–water partition coefficient (Wildman–Crippen LogP) is 3.23. The number of rotatable bonds is 5. The van der Waals surface area contributed by atoms with E-state index in [1.54, 1.807) is 20.1 Å². The highest BCUT2D eigenvalue weighted by Gasteiger charge is 2.25. The van der Waals surface area contributed by atoms with Crippen molar-refractivity contribution < 1.29 is 19.1 Å². The molecule has 2 atom stereocenters. The van der Waals surface area contributed by atoms with Crippen LogP contribution in [0.2, 0.25) is 0 Å². The number of ether oxygens (including phenoxy) is 2. The number of anilines is 1. The molecule has 1 aliphatic carbocycles. The number of hydrogen-bond donors (Lipinski definition) is 1. The Kier molecular flexibility index (Phi) is 5.79. The molecule has 0 unspecified atom stereocenters. The summed E-state index contributed by atoms with van der Waals surface area (Å²) in [5, 5.41) is 2.76. The van der Waals surface area contributed by atoms with E-state index in [0.29, 0.717) is 17.9 Å². The number of carbonyl (C=O) groups excluding carboxylic acids is 2. The summed E-state index contributed by atoms with van der Waals surface area (Å²) in [4.78, 5) is 24.3. The number of carbonyl (C=O) groups is 2. The molecule has 0 saturated heterocycles. The summed E-state index contributed by atoms with van der Waals surface area (Å²) in [5.41, 5.74) is 1.57. The number of benzene rings is 1. The maximum absolute atomic E-state index is 12.3. The van der Waals surface area contributed by atoms with Crippen molar-refractivity contribution in [1.29, 1.82) is 0 Å². The van der Waals surface area contributed by atoms with Crippen LogP contribution in [0.5, 0.6) is 5.75 Å². The first-order chi connectivity index (χ1) is 11.0. The molecule has 1 aromatic rings. The van der Waals surface area contributed by atoms with Crippen molar-refractivity contribution in [2.45, 2.75) is 39.2 Å². The lowest BCUT2D eigenvalue weighted by Crippen LogP contribution is -2.32. The molecule has 0 bridgehead atoms. The average Bonchev–Trinajstić information content (AvgIpc) is 2.55. The van der Waals surface area contributed by atoms with E-state index in [1.165, 1.54) is 0 Å². The van der Waals surface area contributed by atoms with Gasteiger partial charge in [-0.1, -0.05) is 18.2 Å². The lowest BCUT2D eigenvalue weighted by molar-refractivity contribution is -0.157. The fourth-order valence-corrected chi connectivity index (χ4v) is 2.49. The Balaban J connectivity index is 1.96. The first-order valence-corrected chi connectivity index (χ1v) is 7.82. The minimum atomic E-state index is -0.848. The van der Waals surface area contributed by atoms with Crippen LogP contribution in [0, 0.1) is 12.8 Å². The second-order valence-corrected chi connectivity index (χ2v) is 5.75. The first-order valence-electron chi connectivity index (χ1n) is 7.82. The van der Waals surface area contributed by atoms with Gasteiger partial charge in [-0.25, -0.2) is 0 Å². The molecule has 1 aromatic carbocycles. The van der Waals surface area contributed by atoms with Crippen LogP contribution >= 0.6 is 0 Å². The molecule has 124 valence electrons. The number of nitrogens with one attached hydrogen (secondary N) is 1. The summed E-state index contributed by atoms with van der Waals surface area (Å²) < 4.78 is 10.5. The standard InChI is InChI=1S/C18H23NO4/c1-12-9-10-16(22-3)15(11-12)19-17(20)13(2)23-18(21)14-7-5-4-6-8-14/h4-5,9-11,13-14H,6-8H2,1-3H3,(H,19,20)/t13-,14-/m0/s1. The van der Waals surface area contributed by atoms with E-state index in [-0.39, 0.29) is 17.8 Å². The molecule has 0 radical (unpaired) electrons. The molecule has 0 saturated carbocycles. The third kappa shape index (κ3) is 4.58. The van der Waals surface area contributed by atoms with Gasteiger partial charge in [0.05, 0.1) is 18.7 Å². The van der Waals surface area contributed by atoms with Gasteiger partial charge in [0, 0.05) is 0 Å². The summed E-state index contributed by atoms with van der Waals surface area (Å²) >= 11 is 0. The van der Waals surface area contributed by atoms with Crippen molar-refractivity contribution in [3.05, 3.63) is 35.9 Å². The predicted molar refractivity (Wildman–Crippen MR) is 88.4 cm³/mol. The highest BCUT2D eigenvalue weighted by molar-refractivity contribution is 5.96. The number of amides is 1. The zero-order chi connectivity index (χ0) is 16.8. The van der Waals surface area contributed by atoms with Gasteiger partial charge in [0.15, 0.2) is 6.10 Å². The van der Waals surface area contributed by atoms with Crippen LogP contribution in [-0.4, -0.2) is 25.1 Å². The highest BCUT2D eigenvalue weighted by atomic mass is 16.5. The van der Waals surface area contributed by atoms with Crippen molar-refractivity contribution in [1.82, 2.24) is 0 Å². The van der Waals surface area contributed by atoms with Gasteiger partial charge in [0.1, 0.15) is 5.75 Å². The molecule has 2 rings (SSSR count). The fraction of sp³-hybridized carbons (Fsp3) is 0.444. The van der Waals surface area contributed by atoms with Crippen molar-refractivity contribution in [3.8, 4) is 5.75 Å². The second kappa shape index (κ2) is 7.81. The molecule has 0 fully saturated rings. The molecule has 1 amide bonds. The Morgan fingerprint density at radius 2 is 2.09 bits per heavy atom. The smallest absolute Gasteiger partial charge is 0.310 e. The largest absolute Gasteiger partial charge is 0.495 e. The van der Waals surface area contributed by atoms with Crippen molar-refractivity contribution in [2.24, 2.45) is 5.92 Å². The van der Waals surface area contributed by atoms with E-state index in [9.17, 15) is 9.59 Å². The topological polar surface area (TPSA) is 64.6 Å². The molecule has 1 aliphatic rings. The van der Waals surface area contributed by atoms with Crippen LogP contribution in [0.15, 0.2) is 30.4 Å². The monoisotopic (exact) mass is 317 g/mol. The number of aryl methyl sites for hydroxylation is 1. The van der Waals surface area contributed by atoms with Gasteiger partial charge in [-0.2, -0.15) is 0 Å². The Bertz CT molecular complexity index is 609. The van der Waals surface area contributed by atoms with E-state index < -0.39 is 6.10 Å². The van der Waals surface area contributed by atoms with Gasteiger partial charge in [-0.05, 0) is 50.8 Å². The molecule has 0 heterocycles. The molecule has 23 heavy (non-hydrogen) atoms.